The zero-order valence-corrected chi connectivity index (χ0v) is 12.9. The van der Waals surface area contributed by atoms with E-state index < -0.39 is 0 Å². The summed E-state index contributed by atoms with van der Waals surface area (Å²) in [6.45, 7) is 8.05. The second-order valence-corrected chi connectivity index (χ2v) is 7.04. The fourth-order valence-corrected chi connectivity index (χ4v) is 2.46. The molecule has 0 bridgehead atoms. The molecule has 0 aromatic rings. The van der Waals surface area contributed by atoms with Crippen LogP contribution in [0.4, 0.5) is 0 Å². The lowest BCUT2D eigenvalue weighted by Crippen LogP contribution is -2.50. The number of rotatable bonds is 4. The number of hydrogen-bond acceptors (Lipinski definition) is 3. The van der Waals surface area contributed by atoms with Crippen molar-refractivity contribution in [3.63, 3.8) is 0 Å². The molecule has 0 aromatic heterocycles. The molecule has 1 saturated heterocycles. The molecular weight excluding hydrogens is 254 g/mol. The van der Waals surface area contributed by atoms with Gasteiger partial charge in [0.05, 0.1) is 6.54 Å². The van der Waals surface area contributed by atoms with Gasteiger partial charge in [-0.3, -0.25) is 9.59 Å². The lowest BCUT2D eigenvalue weighted by molar-refractivity contribution is -0.133. The molecule has 1 saturated carbocycles. The van der Waals surface area contributed by atoms with Crippen LogP contribution in [0.25, 0.3) is 0 Å². The highest BCUT2D eigenvalue weighted by molar-refractivity contribution is 5.81. The van der Waals surface area contributed by atoms with E-state index in [2.05, 4.69) is 10.6 Å². The molecule has 0 aromatic carbocycles. The summed E-state index contributed by atoms with van der Waals surface area (Å²) in [6.07, 6.45) is 3.88. The Morgan fingerprint density at radius 2 is 1.70 bits per heavy atom. The maximum atomic E-state index is 11.9. The van der Waals surface area contributed by atoms with E-state index in [-0.39, 0.29) is 17.5 Å². The molecule has 2 aliphatic rings. The number of hydrogen-bond donors (Lipinski definition) is 2. The van der Waals surface area contributed by atoms with Crippen LogP contribution < -0.4 is 10.6 Å². The van der Waals surface area contributed by atoms with E-state index in [1.165, 1.54) is 0 Å². The number of carbonyl (C=O) groups excluding carboxylic acids is 2. The van der Waals surface area contributed by atoms with Crippen LogP contribution in [0.2, 0.25) is 0 Å². The minimum atomic E-state index is -0.0443. The maximum Gasteiger partial charge on any atom is 0.234 e. The van der Waals surface area contributed by atoms with Crippen LogP contribution in [0.15, 0.2) is 0 Å². The van der Waals surface area contributed by atoms with Crippen molar-refractivity contribution in [2.75, 3.05) is 19.6 Å². The summed E-state index contributed by atoms with van der Waals surface area (Å²) in [4.78, 5) is 25.7. The maximum absolute atomic E-state index is 11.9. The Kier molecular flexibility index (Phi) is 4.68. The van der Waals surface area contributed by atoms with Gasteiger partial charge >= 0.3 is 0 Å². The molecule has 0 atom stereocenters. The number of carbonyl (C=O) groups is 2. The summed E-state index contributed by atoms with van der Waals surface area (Å²) in [5.74, 6) is 0.674. The smallest absolute Gasteiger partial charge is 0.234 e. The van der Waals surface area contributed by atoms with Gasteiger partial charge in [0, 0.05) is 30.6 Å². The fraction of sp³-hybridized carbons (Fsp3) is 0.867. The molecule has 1 heterocycles. The third-order valence-electron chi connectivity index (χ3n) is 3.88. The first-order valence-corrected chi connectivity index (χ1v) is 7.68. The third kappa shape index (κ3) is 4.78. The van der Waals surface area contributed by atoms with E-state index in [9.17, 15) is 9.59 Å². The van der Waals surface area contributed by atoms with Gasteiger partial charge < -0.3 is 15.5 Å². The standard InChI is InChI=1S/C15H27N3O2/c1-15(2,3)16-10-13(19)17-12-6-8-18(9-7-12)14(20)11-4-5-11/h11-12,16H,4-10H2,1-3H3,(H,17,19). The minimum Gasteiger partial charge on any atom is -0.352 e. The first-order chi connectivity index (χ1) is 9.35. The molecule has 2 N–H and O–H groups in total. The highest BCUT2D eigenvalue weighted by atomic mass is 16.2. The van der Waals surface area contributed by atoms with Gasteiger partial charge in [-0.2, -0.15) is 0 Å². The van der Waals surface area contributed by atoms with Gasteiger partial charge in [-0.25, -0.2) is 0 Å². The molecule has 0 unspecified atom stereocenters. The quantitative estimate of drug-likeness (QED) is 0.804. The van der Waals surface area contributed by atoms with Gasteiger partial charge in [0.25, 0.3) is 0 Å². The van der Waals surface area contributed by atoms with Crippen molar-refractivity contribution >= 4 is 11.8 Å². The number of amides is 2. The lowest BCUT2D eigenvalue weighted by atomic mass is 10.0. The Morgan fingerprint density at radius 3 is 2.20 bits per heavy atom. The highest BCUT2D eigenvalue weighted by Crippen LogP contribution is 2.31. The molecule has 114 valence electrons. The Hall–Kier alpha value is -1.10. The van der Waals surface area contributed by atoms with Gasteiger partial charge in [-0.15, -0.1) is 0 Å². The van der Waals surface area contributed by atoms with Crippen LogP contribution in [0.5, 0.6) is 0 Å². The molecule has 5 nitrogen and oxygen atoms in total. The molecular formula is C15H27N3O2. The molecule has 20 heavy (non-hydrogen) atoms. The second-order valence-electron chi connectivity index (χ2n) is 7.04. The van der Waals surface area contributed by atoms with E-state index in [1.807, 2.05) is 25.7 Å². The molecule has 1 aliphatic carbocycles. The monoisotopic (exact) mass is 281 g/mol. The normalized spacial score (nSPS) is 20.9. The van der Waals surface area contributed by atoms with E-state index in [4.69, 9.17) is 0 Å². The largest absolute Gasteiger partial charge is 0.352 e. The van der Waals surface area contributed by atoms with Crippen LogP contribution in [-0.4, -0.2) is 47.9 Å². The number of nitrogens with one attached hydrogen (secondary N) is 2. The first-order valence-electron chi connectivity index (χ1n) is 7.68. The average molecular weight is 281 g/mol. The van der Waals surface area contributed by atoms with Crippen molar-refractivity contribution in [3.8, 4) is 0 Å². The predicted molar refractivity (Wildman–Crippen MR) is 78.2 cm³/mol. The van der Waals surface area contributed by atoms with Crippen molar-refractivity contribution in [2.24, 2.45) is 5.92 Å². The Labute approximate surface area is 121 Å². The predicted octanol–water partition coefficient (Wildman–Crippen LogP) is 0.892. The van der Waals surface area contributed by atoms with Crippen molar-refractivity contribution < 1.29 is 9.59 Å². The van der Waals surface area contributed by atoms with Crippen molar-refractivity contribution in [1.82, 2.24) is 15.5 Å². The van der Waals surface area contributed by atoms with Gasteiger partial charge in [-0.1, -0.05) is 0 Å². The summed E-state index contributed by atoms with van der Waals surface area (Å²) < 4.78 is 0. The van der Waals surface area contributed by atoms with E-state index in [0.29, 0.717) is 18.4 Å². The zero-order valence-electron chi connectivity index (χ0n) is 12.9. The van der Waals surface area contributed by atoms with Gasteiger partial charge in [-0.05, 0) is 46.5 Å². The Morgan fingerprint density at radius 1 is 1.10 bits per heavy atom. The van der Waals surface area contributed by atoms with Crippen LogP contribution in [0.1, 0.15) is 46.5 Å². The molecule has 2 rings (SSSR count). The van der Waals surface area contributed by atoms with Crippen molar-refractivity contribution in [2.45, 2.75) is 58.0 Å². The van der Waals surface area contributed by atoms with Gasteiger partial charge in [0.1, 0.15) is 0 Å². The van der Waals surface area contributed by atoms with Crippen LogP contribution in [0.3, 0.4) is 0 Å². The van der Waals surface area contributed by atoms with Crippen LogP contribution >= 0.6 is 0 Å². The summed E-state index contributed by atoms with van der Waals surface area (Å²) in [7, 11) is 0. The zero-order chi connectivity index (χ0) is 14.8. The van der Waals surface area contributed by atoms with Crippen LogP contribution in [-0.2, 0) is 9.59 Å². The molecule has 0 radical (unpaired) electrons. The summed E-state index contributed by atoms with van der Waals surface area (Å²) in [6, 6.07) is 0.215. The van der Waals surface area contributed by atoms with Crippen molar-refractivity contribution in [3.05, 3.63) is 0 Å². The molecule has 0 spiro atoms. The molecule has 1 aliphatic heterocycles. The van der Waals surface area contributed by atoms with Gasteiger partial charge in [0.2, 0.25) is 11.8 Å². The SMILES string of the molecule is CC(C)(C)NCC(=O)NC1CCN(C(=O)C2CC2)CC1. The van der Waals surface area contributed by atoms with E-state index in [0.717, 1.165) is 38.8 Å². The number of nitrogens with zero attached hydrogens (tertiary/aromatic N) is 1. The van der Waals surface area contributed by atoms with Crippen LogP contribution in [0, 0.1) is 5.92 Å². The third-order valence-corrected chi connectivity index (χ3v) is 3.88. The van der Waals surface area contributed by atoms with Crippen molar-refractivity contribution in [1.29, 1.82) is 0 Å². The van der Waals surface area contributed by atoms with Gasteiger partial charge in [0.15, 0.2) is 0 Å². The average Bonchev–Trinajstić information content (AvgIpc) is 3.20. The Balaban J connectivity index is 1.66. The topological polar surface area (TPSA) is 61.4 Å². The summed E-state index contributed by atoms with van der Waals surface area (Å²) >= 11 is 0. The lowest BCUT2D eigenvalue weighted by Gasteiger charge is -2.32. The molecule has 5 heteroatoms. The Bertz CT molecular complexity index is 364. The van der Waals surface area contributed by atoms with E-state index in [1.54, 1.807) is 0 Å². The second kappa shape index (κ2) is 6.12. The summed E-state index contributed by atoms with van der Waals surface area (Å²) in [5.41, 5.74) is -0.0443. The highest BCUT2D eigenvalue weighted by Gasteiger charge is 2.35. The summed E-state index contributed by atoms with van der Waals surface area (Å²) in [5, 5.41) is 6.24. The minimum absolute atomic E-state index is 0.0443. The number of piperidine rings is 1. The van der Waals surface area contributed by atoms with E-state index >= 15 is 0 Å². The first kappa shape index (κ1) is 15.3. The molecule has 2 amide bonds. The molecule has 2 fully saturated rings. The number of likely N-dealkylation sites (tertiary alicyclic amines) is 1. The fourth-order valence-electron chi connectivity index (χ4n) is 2.46.